The number of carboxylic acids is 3. The molecule has 498 valence electrons. The molecule has 2 aliphatic rings. The van der Waals surface area contributed by atoms with Crippen LogP contribution in [0, 0.1) is 5.41 Å². The third kappa shape index (κ3) is 19.9. The molecule has 2 aromatic carbocycles. The summed E-state index contributed by atoms with van der Waals surface area (Å²) in [6.07, 6.45) is 6.08. The zero-order chi connectivity index (χ0) is 68.2. The average molecular weight is 1320 g/mol. The van der Waals surface area contributed by atoms with Gasteiger partial charge in [0.05, 0.1) is 60.0 Å². The Bertz CT molecular complexity index is 3910. The molecule has 5 aromatic rings. The summed E-state index contributed by atoms with van der Waals surface area (Å²) in [6.45, 7) is -0.469. The lowest BCUT2D eigenvalue weighted by molar-refractivity contribution is -0.142. The number of amides is 7. The van der Waals surface area contributed by atoms with E-state index < -0.39 is 115 Å². The lowest BCUT2D eigenvalue weighted by atomic mass is 9.90. The van der Waals surface area contributed by atoms with Gasteiger partial charge in [-0.3, -0.25) is 43.8 Å². The van der Waals surface area contributed by atoms with Gasteiger partial charge in [-0.25, -0.2) is 29.1 Å². The van der Waals surface area contributed by atoms with Crippen LogP contribution >= 0.6 is 11.8 Å². The summed E-state index contributed by atoms with van der Waals surface area (Å²) in [5.41, 5.74) is 14.6. The fraction of sp³-hybridized carbons (Fsp3) is 0.350. The Morgan fingerprint density at radius 1 is 0.660 bits per heavy atom. The molecule has 0 bridgehead atoms. The minimum Gasteiger partial charge on any atom is -0.481 e. The van der Waals surface area contributed by atoms with Gasteiger partial charge in [0.15, 0.2) is 5.96 Å². The van der Waals surface area contributed by atoms with Crippen molar-refractivity contribution >= 4 is 99.3 Å². The topological polar surface area (TPSA) is 509 Å². The van der Waals surface area contributed by atoms with Gasteiger partial charge < -0.3 is 93.6 Å². The molecule has 7 amide bonds. The van der Waals surface area contributed by atoms with Crippen molar-refractivity contribution in [3.05, 3.63) is 120 Å². The Morgan fingerprint density at radius 2 is 1.20 bits per heavy atom. The molecule has 6 atom stereocenters. The van der Waals surface area contributed by atoms with E-state index in [0.717, 1.165) is 22.8 Å². The first-order valence-corrected chi connectivity index (χ1v) is 30.4. The first-order chi connectivity index (χ1) is 44.9. The number of nitrogens with two attached hydrogens (primary N) is 2. The fourth-order valence-corrected chi connectivity index (χ4v) is 10.6. The lowest BCUT2D eigenvalue weighted by Gasteiger charge is -2.27. The molecule has 94 heavy (non-hydrogen) atoms. The summed E-state index contributed by atoms with van der Waals surface area (Å²) >= 11 is 0.861. The van der Waals surface area contributed by atoms with Crippen LogP contribution in [0.3, 0.4) is 0 Å². The van der Waals surface area contributed by atoms with E-state index in [-0.39, 0.29) is 84.4 Å². The highest BCUT2D eigenvalue weighted by molar-refractivity contribution is 8.00. The van der Waals surface area contributed by atoms with E-state index in [0.29, 0.717) is 33.4 Å². The van der Waals surface area contributed by atoms with Gasteiger partial charge in [-0.05, 0) is 55.2 Å². The number of imidazole rings is 3. The number of carboxylic acid groups (broad SMARTS) is 3. The smallest absolute Gasteiger partial charge is 0.336 e. The summed E-state index contributed by atoms with van der Waals surface area (Å²) in [4.78, 5) is 158. The number of nitrogens with zero attached hydrogens (tertiary/aromatic N) is 5. The third-order valence-electron chi connectivity index (χ3n) is 14.6. The average Bonchev–Trinajstić information content (AvgIpc) is 0.804. The van der Waals surface area contributed by atoms with Crippen molar-refractivity contribution in [2.45, 2.75) is 81.2 Å². The molecule has 1 aliphatic heterocycles. The van der Waals surface area contributed by atoms with E-state index >= 15 is 0 Å². The molecule has 0 saturated carbocycles. The minimum atomic E-state index is -1.72. The number of carbonyl (C=O) groups excluding carboxylic acids is 7. The summed E-state index contributed by atoms with van der Waals surface area (Å²) in [5, 5.41) is 59.5. The number of hydrogen-bond donors (Lipinski definition) is 17. The Labute approximate surface area is 540 Å². The number of aromatic carboxylic acids is 1. The Balaban J connectivity index is 1.07. The molecule has 3 aromatic heterocycles. The number of fused-ring (bicyclic) bond motifs is 2. The largest absolute Gasteiger partial charge is 0.481 e. The van der Waals surface area contributed by atoms with E-state index in [4.69, 9.17) is 21.3 Å². The van der Waals surface area contributed by atoms with Crippen molar-refractivity contribution in [3.63, 3.8) is 0 Å². The maximum atomic E-state index is 14.6. The fourth-order valence-electron chi connectivity index (χ4n) is 9.78. The maximum Gasteiger partial charge on any atom is 0.336 e. The van der Waals surface area contributed by atoms with E-state index in [2.05, 4.69) is 72.4 Å². The Hall–Kier alpha value is -11.2. The highest BCUT2D eigenvalue weighted by atomic mass is 32.2. The first-order valence-electron chi connectivity index (χ1n) is 29.3. The summed E-state index contributed by atoms with van der Waals surface area (Å²) in [5.74, 6) is -11.1. The van der Waals surface area contributed by atoms with Gasteiger partial charge >= 0.3 is 17.9 Å². The van der Waals surface area contributed by atoms with Crippen molar-refractivity contribution in [2.75, 3.05) is 63.0 Å². The molecule has 0 spiro atoms. The van der Waals surface area contributed by atoms with Crippen molar-refractivity contribution < 1.29 is 67.7 Å². The van der Waals surface area contributed by atoms with Crippen molar-refractivity contribution in [2.24, 2.45) is 11.5 Å². The second kappa shape index (κ2) is 33.2. The number of rotatable bonds is 34. The number of H-pyrrole nitrogens is 3. The van der Waals surface area contributed by atoms with Gasteiger partial charge in [0.25, 0.3) is 0 Å². The number of carbonyl (C=O) groups is 10. The van der Waals surface area contributed by atoms with E-state index in [9.17, 15) is 63.3 Å². The molecule has 19 N–H and O–H groups in total. The van der Waals surface area contributed by atoms with Crippen LogP contribution in [-0.4, -0.2) is 199 Å². The van der Waals surface area contributed by atoms with Crippen molar-refractivity contribution in [1.82, 2.24) is 71.7 Å². The number of guanidine groups is 1. The van der Waals surface area contributed by atoms with Crippen LogP contribution in [0.2, 0.25) is 0 Å². The molecule has 0 fully saturated rings. The predicted octanol–water partition coefficient (Wildman–Crippen LogP) is -1.35. The van der Waals surface area contributed by atoms with Crippen LogP contribution in [0.5, 0.6) is 0 Å². The molecule has 0 saturated heterocycles. The highest BCUT2D eigenvalue weighted by Gasteiger charge is 2.35. The molecule has 7 rings (SSSR count). The summed E-state index contributed by atoms with van der Waals surface area (Å²) < 4.78 is 8.32. The number of aliphatic carboxylic acids is 2. The Kier molecular flexibility index (Phi) is 24.9. The molecule has 33 nitrogen and oxygen atoms in total. The molecule has 34 heteroatoms. The number of nitrogens with one attached hydrogen (secondary N) is 12. The van der Waals surface area contributed by atoms with E-state index in [1.807, 2.05) is 74.1 Å². The van der Waals surface area contributed by atoms with Crippen LogP contribution in [0.4, 0.5) is 11.4 Å². The van der Waals surface area contributed by atoms with Gasteiger partial charge in [-0.1, -0.05) is 6.07 Å². The molecule has 4 heterocycles. The number of aromatic nitrogens is 6. The number of benzene rings is 3. The number of hydrogen-bond acceptors (Lipinski definition) is 18. The lowest BCUT2D eigenvalue weighted by Crippen LogP contribution is -2.60. The zero-order valence-corrected chi connectivity index (χ0v) is 52.4. The van der Waals surface area contributed by atoms with Crippen LogP contribution in [0.15, 0.2) is 96.6 Å². The first kappa shape index (κ1) is 70.3. The van der Waals surface area contributed by atoms with E-state index in [1.54, 1.807) is 12.1 Å². The predicted molar refractivity (Wildman–Crippen MR) is 344 cm³/mol. The second-order valence-electron chi connectivity index (χ2n) is 21.9. The van der Waals surface area contributed by atoms with Gasteiger partial charge in [-0.2, -0.15) is 0 Å². The maximum absolute atomic E-state index is 14.6. The van der Waals surface area contributed by atoms with Crippen molar-refractivity contribution in [3.8, 4) is 22.5 Å². The molecule has 1 aliphatic carbocycles. The second-order valence-corrected chi connectivity index (χ2v) is 23.0. The Morgan fingerprint density at radius 3 is 1.70 bits per heavy atom. The van der Waals surface area contributed by atoms with Gasteiger partial charge in [0.2, 0.25) is 46.7 Å². The van der Waals surface area contributed by atoms with Crippen LogP contribution in [-0.2, 0) is 62.4 Å². The number of thioether (sulfide) groups is 1. The van der Waals surface area contributed by atoms with Gasteiger partial charge in [0, 0.05) is 111 Å². The van der Waals surface area contributed by atoms with Gasteiger partial charge in [0.1, 0.15) is 61.7 Å². The number of aromatic amines is 3. The molecular weight excluding hydrogens is 1240 g/mol. The normalized spacial score (nSPS) is 13.0. The summed E-state index contributed by atoms with van der Waals surface area (Å²) in [7, 11) is 7.53. The molecule has 0 radical (unpaired) electrons. The van der Waals surface area contributed by atoms with E-state index in [1.165, 1.54) is 43.6 Å². The van der Waals surface area contributed by atoms with Crippen LogP contribution in [0.25, 0.3) is 33.4 Å². The van der Waals surface area contributed by atoms with Gasteiger partial charge in [-0.15, -0.1) is 11.8 Å². The molecular formula is C60H74N19O14S+. The quantitative estimate of drug-likeness (QED) is 0.00729. The monoisotopic (exact) mass is 1320 g/mol. The number of anilines is 2. The van der Waals surface area contributed by atoms with Crippen LogP contribution in [0.1, 0.15) is 53.1 Å². The molecule has 0 unspecified atom stereocenters. The summed E-state index contributed by atoms with van der Waals surface area (Å²) in [6, 6.07) is 6.27. The standard InChI is InChI=1S/C60H73N19O14S/c1-78(2)35-8-11-38-47(20-35)93-48-21-36(79(3)4)9-12-39(48)52(38)37-10-7-31(16-40(37)58(89)90)71-50(81)27-94-26-46(72-49(80)22-61)57(88)73-41(13-14-51(82)83)53(84)75-44(18-33-24-65-29-69-33)55(86)77-45(19-34-25-66-30-70-34)56(87)76-43(17-32-23-64-28-68-32)54(85)74-42(59(91)92)6-5-15-67-60(62)63/h7-12,16,20-21,23-25,28-30,41-46H,5-6,13-15,17-19,22,26-27,61H2,1-4H3,(H16,62,63,64,65,66,67,68,69,70,72,73,74,75,76,77,80,82,83,84,85,86,87,88,89,90,91,92)/p+1/t41-,42-,43-,44-,45-,46-/m0/s1. The SMILES string of the molecule is CN(C)c1ccc2c(-c3ccc(NC(=O)CSC[C@H](NC(=O)CN)C(=O)N[C@@H](CCC(=O)O)C(=O)N[C@@H](Cc4c[nH]cn4)C(=O)N[C@@H](Cc4c[nH]cn4)C(=O)N[C@@H](Cc4c[nH]cn4)C(=O)N[C@@H](CCCNC(=N)N)C(=O)O)cc3C(=O)O)c3ccc(=[N+](C)C)cc-3oc2c1. The third-order valence-corrected chi connectivity index (χ3v) is 15.6. The zero-order valence-electron chi connectivity index (χ0n) is 51.5. The minimum absolute atomic E-state index is 0.0998. The van der Waals surface area contributed by atoms with Crippen LogP contribution < -0.4 is 68.8 Å². The highest BCUT2D eigenvalue weighted by Crippen LogP contribution is 2.42. The van der Waals surface area contributed by atoms with Crippen molar-refractivity contribution in [1.29, 1.82) is 5.41 Å².